The molecule has 0 aromatic heterocycles. The lowest BCUT2D eigenvalue weighted by atomic mass is 9.98. The van der Waals surface area contributed by atoms with Gasteiger partial charge in [0, 0.05) is 25.4 Å². The monoisotopic (exact) mass is 512 g/mol. The average Bonchev–Trinajstić information content (AvgIpc) is 3.72. The maximum absolute atomic E-state index is 13.1. The molecule has 38 heavy (non-hydrogen) atoms. The van der Waals surface area contributed by atoms with Gasteiger partial charge in [-0.2, -0.15) is 0 Å². The first-order chi connectivity index (χ1) is 18.5. The lowest BCUT2D eigenvalue weighted by Crippen LogP contribution is -2.38. The van der Waals surface area contributed by atoms with Crippen molar-refractivity contribution in [1.29, 1.82) is 0 Å². The van der Waals surface area contributed by atoms with Crippen LogP contribution in [0.4, 0.5) is 4.79 Å². The number of amides is 2. The summed E-state index contributed by atoms with van der Waals surface area (Å²) < 4.78 is 5.65. The number of aliphatic carboxylic acids is 1. The van der Waals surface area contributed by atoms with Crippen molar-refractivity contribution >= 4 is 18.0 Å². The molecule has 196 valence electrons. The van der Waals surface area contributed by atoms with E-state index in [0.717, 1.165) is 29.5 Å². The Morgan fingerprint density at radius 1 is 0.895 bits per heavy atom. The molecule has 3 aromatic carbocycles. The molecule has 5 rings (SSSR count). The molecule has 2 N–H and O–H groups in total. The van der Waals surface area contributed by atoms with Crippen LogP contribution < -0.4 is 5.32 Å². The van der Waals surface area contributed by atoms with Crippen molar-refractivity contribution in [2.24, 2.45) is 11.8 Å². The first-order valence-corrected chi connectivity index (χ1v) is 13.1. The van der Waals surface area contributed by atoms with E-state index >= 15 is 0 Å². The van der Waals surface area contributed by atoms with Gasteiger partial charge in [-0.1, -0.05) is 78.9 Å². The van der Waals surface area contributed by atoms with Gasteiger partial charge in [0.1, 0.15) is 13.2 Å². The fourth-order valence-electron chi connectivity index (χ4n) is 5.39. The zero-order valence-electron chi connectivity index (χ0n) is 21.2. The SMILES string of the molecule is O=C(O)CN(Cc1ccccc1)C(=O)CC(CNC(=O)OCC1c2ccccc2-c2ccccc21)C1CC1. The van der Waals surface area contributed by atoms with E-state index in [4.69, 9.17) is 4.74 Å². The molecule has 2 aliphatic carbocycles. The second-order valence-corrected chi connectivity index (χ2v) is 10.1. The number of carboxylic acids is 1. The number of ether oxygens (including phenoxy) is 1. The van der Waals surface area contributed by atoms with Crippen molar-refractivity contribution in [3.05, 3.63) is 95.6 Å². The van der Waals surface area contributed by atoms with Gasteiger partial charge in [0.25, 0.3) is 0 Å². The third kappa shape index (κ3) is 6.05. The molecule has 1 fully saturated rings. The number of nitrogens with one attached hydrogen (secondary N) is 1. The fraction of sp³-hybridized carbons (Fsp3) is 0.323. The summed E-state index contributed by atoms with van der Waals surface area (Å²) in [5, 5.41) is 12.2. The van der Waals surface area contributed by atoms with Crippen LogP contribution in [0.3, 0.4) is 0 Å². The highest BCUT2D eigenvalue weighted by molar-refractivity contribution is 5.82. The molecule has 1 unspecified atom stereocenters. The molecule has 7 nitrogen and oxygen atoms in total. The van der Waals surface area contributed by atoms with Gasteiger partial charge in [-0.15, -0.1) is 0 Å². The van der Waals surface area contributed by atoms with Crippen LogP contribution in [0, 0.1) is 11.8 Å². The van der Waals surface area contributed by atoms with Crippen LogP contribution in [0.15, 0.2) is 78.9 Å². The van der Waals surface area contributed by atoms with E-state index in [1.807, 2.05) is 54.6 Å². The van der Waals surface area contributed by atoms with Crippen molar-refractivity contribution < 1.29 is 24.2 Å². The summed E-state index contributed by atoms with van der Waals surface area (Å²) in [6.45, 7) is 0.434. The summed E-state index contributed by atoms with van der Waals surface area (Å²) in [6, 6.07) is 25.7. The van der Waals surface area contributed by atoms with Crippen molar-refractivity contribution in [2.75, 3.05) is 19.7 Å². The van der Waals surface area contributed by atoms with Crippen LogP contribution in [0.25, 0.3) is 11.1 Å². The number of carboxylic acid groups (broad SMARTS) is 1. The van der Waals surface area contributed by atoms with Gasteiger partial charge in [-0.05, 0) is 52.5 Å². The van der Waals surface area contributed by atoms with Gasteiger partial charge in [-0.25, -0.2) is 4.79 Å². The molecular formula is C31H32N2O5. The maximum Gasteiger partial charge on any atom is 0.407 e. The van der Waals surface area contributed by atoms with Crippen LogP contribution in [-0.4, -0.2) is 47.7 Å². The van der Waals surface area contributed by atoms with Gasteiger partial charge in [0.05, 0.1) is 0 Å². The van der Waals surface area contributed by atoms with E-state index in [2.05, 4.69) is 29.6 Å². The van der Waals surface area contributed by atoms with Crippen LogP contribution in [-0.2, 0) is 20.9 Å². The molecule has 2 amide bonds. The van der Waals surface area contributed by atoms with Crippen LogP contribution in [0.1, 0.15) is 41.9 Å². The first kappa shape index (κ1) is 25.5. The number of fused-ring (bicyclic) bond motifs is 3. The number of rotatable bonds is 11. The normalized spacial score (nSPS) is 14.7. The Labute approximate surface area is 222 Å². The predicted molar refractivity (Wildman–Crippen MR) is 143 cm³/mol. The van der Waals surface area contributed by atoms with Crippen molar-refractivity contribution in [3.63, 3.8) is 0 Å². The summed E-state index contributed by atoms with van der Waals surface area (Å²) in [4.78, 5) is 38.6. The summed E-state index contributed by atoms with van der Waals surface area (Å²) in [5.74, 6) is -1.00. The second-order valence-electron chi connectivity index (χ2n) is 10.1. The Bertz CT molecular complexity index is 1260. The van der Waals surface area contributed by atoms with E-state index in [0.29, 0.717) is 12.5 Å². The van der Waals surface area contributed by atoms with Crippen LogP contribution >= 0.6 is 0 Å². The topological polar surface area (TPSA) is 95.9 Å². The number of benzene rings is 3. The molecular weight excluding hydrogens is 480 g/mol. The van der Waals surface area contributed by atoms with Gasteiger partial charge < -0.3 is 20.1 Å². The highest BCUT2D eigenvalue weighted by Crippen LogP contribution is 2.44. The maximum atomic E-state index is 13.1. The minimum atomic E-state index is -1.05. The zero-order chi connectivity index (χ0) is 26.5. The molecule has 0 saturated heterocycles. The Hall–Kier alpha value is -4.13. The third-order valence-corrected chi connectivity index (χ3v) is 7.47. The van der Waals surface area contributed by atoms with Gasteiger partial charge >= 0.3 is 12.1 Å². The Morgan fingerprint density at radius 3 is 2.11 bits per heavy atom. The largest absolute Gasteiger partial charge is 0.480 e. The Kier molecular flexibility index (Phi) is 7.73. The highest BCUT2D eigenvalue weighted by Gasteiger charge is 2.35. The van der Waals surface area contributed by atoms with E-state index in [9.17, 15) is 19.5 Å². The van der Waals surface area contributed by atoms with Crippen molar-refractivity contribution in [2.45, 2.75) is 31.7 Å². The number of carbonyl (C=O) groups is 3. The highest BCUT2D eigenvalue weighted by atomic mass is 16.5. The van der Waals surface area contributed by atoms with Crippen LogP contribution in [0.5, 0.6) is 0 Å². The van der Waals surface area contributed by atoms with Gasteiger partial charge in [0.2, 0.25) is 5.91 Å². The van der Waals surface area contributed by atoms with Gasteiger partial charge in [0.15, 0.2) is 0 Å². The molecule has 0 bridgehead atoms. The fourth-order valence-corrected chi connectivity index (χ4v) is 5.39. The van der Waals surface area contributed by atoms with Gasteiger partial charge in [-0.3, -0.25) is 9.59 Å². The first-order valence-electron chi connectivity index (χ1n) is 13.1. The molecule has 1 saturated carbocycles. The lowest BCUT2D eigenvalue weighted by Gasteiger charge is -2.24. The van der Waals surface area contributed by atoms with E-state index in [1.165, 1.54) is 16.0 Å². The Balaban J connectivity index is 1.17. The molecule has 1 atom stereocenters. The summed E-state index contributed by atoms with van der Waals surface area (Å²) >= 11 is 0. The zero-order valence-corrected chi connectivity index (χ0v) is 21.2. The summed E-state index contributed by atoms with van der Waals surface area (Å²) in [7, 11) is 0. The molecule has 0 radical (unpaired) electrons. The number of hydrogen-bond donors (Lipinski definition) is 2. The molecule has 0 heterocycles. The molecule has 0 aliphatic heterocycles. The predicted octanol–water partition coefficient (Wildman–Crippen LogP) is 5.05. The average molecular weight is 513 g/mol. The van der Waals surface area contributed by atoms with E-state index < -0.39 is 12.1 Å². The van der Waals surface area contributed by atoms with Crippen LogP contribution in [0.2, 0.25) is 0 Å². The summed E-state index contributed by atoms with van der Waals surface area (Å²) in [5.41, 5.74) is 5.53. The molecule has 0 spiro atoms. The number of alkyl carbamates (subject to hydrolysis) is 1. The third-order valence-electron chi connectivity index (χ3n) is 7.47. The quantitative estimate of drug-likeness (QED) is 0.375. The van der Waals surface area contributed by atoms with Crippen molar-refractivity contribution in [3.8, 4) is 11.1 Å². The standard InChI is InChI=1S/C31H32N2O5/c34-29(33(19-30(35)36)18-21-8-2-1-3-9-21)16-23(22-14-15-22)17-32-31(37)38-20-28-26-12-6-4-10-24(26)25-11-5-7-13-27(25)28/h1-13,22-23,28H,14-20H2,(H,32,37)(H,35,36). The molecule has 2 aliphatic rings. The number of hydrogen-bond acceptors (Lipinski definition) is 4. The minimum Gasteiger partial charge on any atom is -0.480 e. The lowest BCUT2D eigenvalue weighted by molar-refractivity contribution is -0.145. The van der Waals surface area contributed by atoms with Crippen molar-refractivity contribution in [1.82, 2.24) is 10.2 Å². The molecule has 3 aromatic rings. The Morgan fingerprint density at radius 2 is 1.50 bits per heavy atom. The molecule has 7 heteroatoms. The van der Waals surface area contributed by atoms with E-state index in [-0.39, 0.29) is 43.9 Å². The summed E-state index contributed by atoms with van der Waals surface area (Å²) in [6.07, 6.45) is 1.69. The second kappa shape index (κ2) is 11.5. The number of carbonyl (C=O) groups excluding carboxylic acids is 2. The van der Waals surface area contributed by atoms with E-state index in [1.54, 1.807) is 0 Å². The minimum absolute atomic E-state index is 0.0171. The number of nitrogens with zero attached hydrogens (tertiary/aromatic N) is 1. The smallest absolute Gasteiger partial charge is 0.407 e.